The summed E-state index contributed by atoms with van der Waals surface area (Å²) in [6.45, 7) is 0.926. The summed E-state index contributed by atoms with van der Waals surface area (Å²) in [5, 5.41) is 2.96. The molecule has 1 N–H and O–H groups in total. The zero-order valence-corrected chi connectivity index (χ0v) is 12.6. The van der Waals surface area contributed by atoms with Gasteiger partial charge in [0.2, 0.25) is 0 Å². The lowest BCUT2D eigenvalue weighted by molar-refractivity contribution is -0.274. The highest BCUT2D eigenvalue weighted by Crippen LogP contribution is 2.34. The molecule has 2 heterocycles. The molecular weight excluding hydrogens is 332 g/mol. The molecule has 0 radical (unpaired) electrons. The second kappa shape index (κ2) is 6.12. The molecule has 132 valence electrons. The van der Waals surface area contributed by atoms with E-state index in [4.69, 9.17) is 4.74 Å². The second-order valence-corrected chi connectivity index (χ2v) is 5.99. The molecule has 2 saturated heterocycles. The number of ether oxygens (including phenoxy) is 2. The predicted molar refractivity (Wildman–Crippen MR) is 75.1 cm³/mol. The number of amides is 1. The first kappa shape index (κ1) is 16.8. The average Bonchev–Trinajstić information content (AvgIpc) is 2.99. The highest BCUT2D eigenvalue weighted by atomic mass is 19.4. The van der Waals surface area contributed by atoms with E-state index in [9.17, 15) is 22.4 Å². The molecule has 2 fully saturated rings. The van der Waals surface area contributed by atoms with Crippen LogP contribution < -0.4 is 10.1 Å². The Morgan fingerprint density at radius 2 is 2.04 bits per heavy atom. The van der Waals surface area contributed by atoms with Gasteiger partial charge in [-0.15, -0.1) is 13.2 Å². The first-order chi connectivity index (χ1) is 11.3. The molecule has 0 bridgehead atoms. The van der Waals surface area contributed by atoms with Crippen LogP contribution in [0.2, 0.25) is 0 Å². The molecular formula is C15H16F4N2O3. The lowest BCUT2D eigenvalue weighted by Crippen LogP contribution is -2.37. The van der Waals surface area contributed by atoms with Crippen molar-refractivity contribution >= 4 is 6.09 Å². The van der Waals surface area contributed by atoms with Gasteiger partial charge in [-0.1, -0.05) is 12.1 Å². The van der Waals surface area contributed by atoms with Gasteiger partial charge in [0, 0.05) is 25.6 Å². The van der Waals surface area contributed by atoms with Gasteiger partial charge in [-0.2, -0.15) is 0 Å². The van der Waals surface area contributed by atoms with Crippen LogP contribution in [0.3, 0.4) is 0 Å². The van der Waals surface area contributed by atoms with Crippen molar-refractivity contribution in [1.29, 1.82) is 0 Å². The number of carbonyl (C=O) groups excluding carboxylic acids is 1. The normalized spacial score (nSPS) is 26.3. The molecule has 2 aliphatic rings. The Hall–Kier alpha value is -2.03. The Labute approximate surface area is 135 Å². The lowest BCUT2D eigenvalue weighted by Gasteiger charge is -2.19. The summed E-state index contributed by atoms with van der Waals surface area (Å²) in [4.78, 5) is 13.3. The van der Waals surface area contributed by atoms with Gasteiger partial charge >= 0.3 is 12.5 Å². The van der Waals surface area contributed by atoms with Gasteiger partial charge in [0.25, 0.3) is 0 Å². The maximum Gasteiger partial charge on any atom is 0.573 e. The third-order valence-electron chi connectivity index (χ3n) is 4.21. The second-order valence-electron chi connectivity index (χ2n) is 5.99. The number of likely N-dealkylation sites (tertiary alicyclic amines) is 1. The molecule has 0 aliphatic carbocycles. The zero-order valence-electron chi connectivity index (χ0n) is 12.6. The summed E-state index contributed by atoms with van der Waals surface area (Å²) < 4.78 is 59.5. The molecule has 24 heavy (non-hydrogen) atoms. The standard InChI is InChI=1S/C15H16F4N2O3/c16-14-8-20-5-11(14)6-21(9-14)13(22)23-7-10-1-3-12(4-2-10)24-15(17,18)19/h1-4,11,20H,5-9H2. The summed E-state index contributed by atoms with van der Waals surface area (Å²) in [5.41, 5.74) is -0.899. The van der Waals surface area contributed by atoms with Gasteiger partial charge in [-0.3, -0.25) is 0 Å². The monoisotopic (exact) mass is 348 g/mol. The molecule has 5 nitrogen and oxygen atoms in total. The predicted octanol–water partition coefficient (Wildman–Crippen LogP) is 2.47. The Morgan fingerprint density at radius 1 is 1.33 bits per heavy atom. The van der Waals surface area contributed by atoms with Crippen molar-refractivity contribution in [2.24, 2.45) is 5.92 Å². The van der Waals surface area contributed by atoms with Crippen molar-refractivity contribution in [2.45, 2.75) is 18.6 Å². The van der Waals surface area contributed by atoms with E-state index >= 15 is 0 Å². The summed E-state index contributed by atoms with van der Waals surface area (Å²) >= 11 is 0. The van der Waals surface area contributed by atoms with Crippen LogP contribution in [0.1, 0.15) is 5.56 Å². The smallest absolute Gasteiger partial charge is 0.445 e. The number of halogens is 4. The van der Waals surface area contributed by atoms with E-state index in [0.29, 0.717) is 18.7 Å². The van der Waals surface area contributed by atoms with Crippen LogP contribution >= 0.6 is 0 Å². The minimum Gasteiger partial charge on any atom is -0.445 e. The first-order valence-electron chi connectivity index (χ1n) is 7.41. The molecule has 3 rings (SSSR count). The number of hydrogen-bond acceptors (Lipinski definition) is 4. The summed E-state index contributed by atoms with van der Waals surface area (Å²) in [5.74, 6) is -0.583. The molecule has 2 atom stereocenters. The van der Waals surface area contributed by atoms with Crippen LogP contribution in [0.15, 0.2) is 24.3 Å². The highest BCUT2D eigenvalue weighted by molar-refractivity contribution is 5.68. The highest BCUT2D eigenvalue weighted by Gasteiger charge is 2.52. The molecule has 1 amide bonds. The molecule has 0 aromatic heterocycles. The number of nitrogens with zero attached hydrogens (tertiary/aromatic N) is 1. The van der Waals surface area contributed by atoms with Crippen LogP contribution in [0.5, 0.6) is 5.75 Å². The number of carbonyl (C=O) groups is 1. The van der Waals surface area contributed by atoms with E-state index in [1.54, 1.807) is 0 Å². The van der Waals surface area contributed by atoms with E-state index in [-0.39, 0.29) is 31.4 Å². The van der Waals surface area contributed by atoms with Gasteiger partial charge in [0.05, 0.1) is 6.54 Å². The summed E-state index contributed by atoms with van der Waals surface area (Å²) in [6, 6.07) is 5.01. The Morgan fingerprint density at radius 3 is 2.67 bits per heavy atom. The largest absolute Gasteiger partial charge is 0.573 e. The maximum atomic E-state index is 14.4. The van der Waals surface area contributed by atoms with Crippen LogP contribution in [-0.2, 0) is 11.3 Å². The van der Waals surface area contributed by atoms with Crippen LogP contribution in [0, 0.1) is 5.92 Å². The summed E-state index contributed by atoms with van der Waals surface area (Å²) in [7, 11) is 0. The van der Waals surface area contributed by atoms with E-state index in [2.05, 4.69) is 10.1 Å². The number of rotatable bonds is 3. The van der Waals surface area contributed by atoms with Crippen molar-refractivity contribution in [3.05, 3.63) is 29.8 Å². The van der Waals surface area contributed by atoms with E-state index in [1.165, 1.54) is 17.0 Å². The van der Waals surface area contributed by atoms with Gasteiger partial charge < -0.3 is 19.7 Å². The van der Waals surface area contributed by atoms with Crippen molar-refractivity contribution in [2.75, 3.05) is 26.2 Å². The maximum absolute atomic E-state index is 14.4. The van der Waals surface area contributed by atoms with Crippen LogP contribution in [0.4, 0.5) is 22.4 Å². The number of benzene rings is 1. The SMILES string of the molecule is O=C(OCc1ccc(OC(F)(F)F)cc1)N1CC2CNCC2(F)C1. The molecule has 1 aromatic carbocycles. The van der Waals surface area contributed by atoms with Gasteiger partial charge in [-0.25, -0.2) is 9.18 Å². The van der Waals surface area contributed by atoms with Gasteiger partial charge in [0.15, 0.2) is 0 Å². The third-order valence-corrected chi connectivity index (χ3v) is 4.21. The number of alkyl halides is 4. The van der Waals surface area contributed by atoms with E-state index < -0.39 is 18.1 Å². The topological polar surface area (TPSA) is 50.8 Å². The quantitative estimate of drug-likeness (QED) is 0.853. The fourth-order valence-corrected chi connectivity index (χ4v) is 3.01. The number of hydrogen-bond donors (Lipinski definition) is 1. The molecule has 2 unspecified atom stereocenters. The van der Waals surface area contributed by atoms with Crippen molar-refractivity contribution in [1.82, 2.24) is 10.2 Å². The average molecular weight is 348 g/mol. The van der Waals surface area contributed by atoms with Crippen molar-refractivity contribution in [3.63, 3.8) is 0 Å². The van der Waals surface area contributed by atoms with E-state index in [0.717, 1.165) is 12.1 Å². The van der Waals surface area contributed by atoms with Gasteiger partial charge in [-0.05, 0) is 17.7 Å². The Bertz CT molecular complexity index is 608. The fourth-order valence-electron chi connectivity index (χ4n) is 3.01. The molecule has 1 aromatic rings. The summed E-state index contributed by atoms with van der Waals surface area (Å²) in [6.07, 6.45) is -5.38. The minimum absolute atomic E-state index is 0.0120. The first-order valence-corrected chi connectivity index (χ1v) is 7.41. The minimum atomic E-state index is -4.75. The van der Waals surface area contributed by atoms with Crippen LogP contribution in [-0.4, -0.2) is 49.2 Å². The van der Waals surface area contributed by atoms with Crippen molar-refractivity contribution < 1.29 is 31.8 Å². The molecule has 0 spiro atoms. The third kappa shape index (κ3) is 3.72. The molecule has 2 aliphatic heterocycles. The molecule has 9 heteroatoms. The Balaban J connectivity index is 1.50. The van der Waals surface area contributed by atoms with Gasteiger partial charge in [0.1, 0.15) is 18.0 Å². The van der Waals surface area contributed by atoms with E-state index in [1.807, 2.05) is 0 Å². The zero-order chi connectivity index (χ0) is 17.4. The lowest BCUT2D eigenvalue weighted by atomic mass is 9.97. The fraction of sp³-hybridized carbons (Fsp3) is 0.533. The van der Waals surface area contributed by atoms with Crippen LogP contribution in [0.25, 0.3) is 0 Å². The Kier molecular flexibility index (Phi) is 4.29. The van der Waals surface area contributed by atoms with Crippen molar-refractivity contribution in [3.8, 4) is 5.75 Å². The number of nitrogens with one attached hydrogen (secondary N) is 1. The number of fused-ring (bicyclic) bond motifs is 1. The molecule has 0 saturated carbocycles.